The Hall–Kier alpha value is -1.85. The van der Waals surface area contributed by atoms with Crippen molar-refractivity contribution < 1.29 is 4.74 Å². The largest absolute Gasteiger partial charge is 0.442 e. The van der Waals surface area contributed by atoms with Crippen LogP contribution in [0.1, 0.15) is 12.5 Å². The molecule has 23 heavy (non-hydrogen) atoms. The van der Waals surface area contributed by atoms with Crippen LogP contribution in [0.15, 0.2) is 23.2 Å². The number of anilines is 1. The van der Waals surface area contributed by atoms with Crippen LogP contribution >= 0.6 is 11.6 Å². The molecule has 0 bridgehead atoms. The van der Waals surface area contributed by atoms with Gasteiger partial charge < -0.3 is 14.5 Å². The molecule has 0 amide bonds. The maximum Gasteiger partial charge on any atom is 0.187 e. The van der Waals surface area contributed by atoms with Crippen molar-refractivity contribution in [3.63, 3.8) is 0 Å². The molecule has 5 nitrogen and oxygen atoms in total. The highest BCUT2D eigenvalue weighted by Gasteiger charge is 2.25. The minimum atomic E-state index is 0.609. The van der Waals surface area contributed by atoms with Crippen LogP contribution in [0.5, 0.6) is 5.75 Å². The molecule has 0 atom stereocenters. The van der Waals surface area contributed by atoms with Crippen LogP contribution in [0.3, 0.4) is 0 Å². The first kappa shape index (κ1) is 14.7. The lowest BCUT2D eigenvalue weighted by Crippen LogP contribution is -2.45. The summed E-state index contributed by atoms with van der Waals surface area (Å²) in [5.74, 6) is 2.55. The molecule has 1 fully saturated rings. The number of hydrogen-bond donors (Lipinski definition) is 0. The fraction of sp³-hybridized carbons (Fsp3) is 0.412. The number of pyridine rings is 1. The number of nitrogens with zero attached hydrogens (tertiary/aromatic N) is 4. The van der Waals surface area contributed by atoms with Crippen LogP contribution in [0, 0.1) is 0 Å². The number of hydrogen-bond acceptors (Lipinski definition) is 5. The van der Waals surface area contributed by atoms with Gasteiger partial charge in [-0.2, -0.15) is 0 Å². The summed E-state index contributed by atoms with van der Waals surface area (Å²) in [6.07, 6.45) is 0. The first-order valence-corrected chi connectivity index (χ1v) is 8.24. The normalized spacial score (nSPS) is 18.6. The predicted octanol–water partition coefficient (Wildman–Crippen LogP) is 2.95. The average molecular weight is 331 g/mol. The van der Waals surface area contributed by atoms with E-state index in [-0.39, 0.29) is 0 Å². The first-order chi connectivity index (χ1) is 11.1. The third-order valence-electron chi connectivity index (χ3n) is 4.49. The van der Waals surface area contributed by atoms with Crippen LogP contribution in [0.4, 0.5) is 5.82 Å². The standard InChI is InChI=1S/C17H19ClN4O/c1-11-19-10-14-16(23-11)13-9-12(18)3-4-15(13)20-17(14)22-7-5-21(2)6-8-22/h3-4,9H,5-8,10H2,1-2H3. The van der Waals surface area contributed by atoms with Gasteiger partial charge in [0.25, 0.3) is 0 Å². The summed E-state index contributed by atoms with van der Waals surface area (Å²) in [4.78, 5) is 14.0. The summed E-state index contributed by atoms with van der Waals surface area (Å²) in [7, 11) is 2.15. The number of likely N-dealkylation sites (N-methyl/N-ethyl adjacent to an activating group) is 1. The van der Waals surface area contributed by atoms with Gasteiger partial charge in [0.2, 0.25) is 0 Å². The number of aromatic nitrogens is 1. The van der Waals surface area contributed by atoms with Crippen LogP contribution in [0.25, 0.3) is 10.9 Å². The molecule has 0 aliphatic carbocycles. The quantitative estimate of drug-likeness (QED) is 0.806. The molecule has 6 heteroatoms. The second kappa shape index (κ2) is 5.65. The number of rotatable bonds is 1. The second-order valence-electron chi connectivity index (χ2n) is 6.13. The second-order valence-corrected chi connectivity index (χ2v) is 6.57. The molecular weight excluding hydrogens is 312 g/mol. The maximum absolute atomic E-state index is 6.17. The maximum atomic E-state index is 6.17. The van der Waals surface area contributed by atoms with Gasteiger partial charge in [0.05, 0.1) is 17.6 Å². The van der Waals surface area contributed by atoms with Crippen LogP contribution in [-0.2, 0) is 6.54 Å². The van der Waals surface area contributed by atoms with Crippen molar-refractivity contribution in [2.24, 2.45) is 4.99 Å². The van der Waals surface area contributed by atoms with E-state index in [0.717, 1.165) is 54.2 Å². The molecule has 0 N–H and O–H groups in total. The van der Waals surface area contributed by atoms with Gasteiger partial charge in [-0.25, -0.2) is 4.98 Å². The SMILES string of the molecule is CC1=NCc2c(N3CCN(C)CC3)nc3ccc(Cl)cc3c2O1. The van der Waals surface area contributed by atoms with Crippen LogP contribution < -0.4 is 9.64 Å². The van der Waals surface area contributed by atoms with Gasteiger partial charge >= 0.3 is 0 Å². The Morgan fingerprint density at radius 3 is 2.74 bits per heavy atom. The lowest BCUT2D eigenvalue weighted by atomic mass is 10.1. The van der Waals surface area contributed by atoms with E-state index in [0.29, 0.717) is 17.5 Å². The summed E-state index contributed by atoms with van der Waals surface area (Å²) in [6.45, 7) is 6.51. The first-order valence-electron chi connectivity index (χ1n) is 7.86. The van der Waals surface area contributed by atoms with E-state index in [1.807, 2.05) is 25.1 Å². The molecule has 1 saturated heterocycles. The number of halogens is 1. The summed E-state index contributed by atoms with van der Waals surface area (Å²) in [5.41, 5.74) is 1.98. The van der Waals surface area contributed by atoms with Crippen molar-refractivity contribution >= 4 is 34.2 Å². The molecule has 120 valence electrons. The topological polar surface area (TPSA) is 41.0 Å². The summed E-state index contributed by atoms with van der Waals surface area (Å²) >= 11 is 6.17. The average Bonchev–Trinajstić information content (AvgIpc) is 2.55. The minimum Gasteiger partial charge on any atom is -0.442 e. The van der Waals surface area contributed by atoms with Gasteiger partial charge in [-0.3, -0.25) is 4.99 Å². The van der Waals surface area contributed by atoms with E-state index < -0.39 is 0 Å². The lowest BCUT2D eigenvalue weighted by molar-refractivity contribution is 0.311. The Bertz CT molecular complexity index is 797. The fourth-order valence-electron chi connectivity index (χ4n) is 3.14. The smallest absolute Gasteiger partial charge is 0.187 e. The monoisotopic (exact) mass is 330 g/mol. The van der Waals surface area contributed by atoms with Gasteiger partial charge in [-0.1, -0.05) is 11.6 Å². The van der Waals surface area contributed by atoms with E-state index in [1.165, 1.54) is 0 Å². The number of piperazine rings is 1. The van der Waals surface area contributed by atoms with E-state index in [4.69, 9.17) is 21.3 Å². The van der Waals surface area contributed by atoms with E-state index >= 15 is 0 Å². The van der Waals surface area contributed by atoms with Gasteiger partial charge in [0.1, 0.15) is 11.6 Å². The van der Waals surface area contributed by atoms with E-state index in [9.17, 15) is 0 Å². The summed E-state index contributed by atoms with van der Waals surface area (Å²) in [6, 6.07) is 5.76. The van der Waals surface area contributed by atoms with Gasteiger partial charge in [-0.15, -0.1) is 0 Å². The molecule has 1 aromatic heterocycles. The predicted molar refractivity (Wildman–Crippen MR) is 93.9 cm³/mol. The highest BCUT2D eigenvalue weighted by atomic mass is 35.5. The third kappa shape index (κ3) is 2.64. The van der Waals surface area contributed by atoms with Gasteiger partial charge in [0.15, 0.2) is 5.90 Å². The summed E-state index contributed by atoms with van der Waals surface area (Å²) in [5, 5.41) is 1.65. The highest BCUT2D eigenvalue weighted by Crippen LogP contribution is 2.39. The molecule has 4 rings (SSSR count). The Morgan fingerprint density at radius 2 is 1.96 bits per heavy atom. The molecule has 0 unspecified atom stereocenters. The van der Waals surface area contributed by atoms with Crippen LogP contribution in [0.2, 0.25) is 5.02 Å². The van der Waals surface area contributed by atoms with Gasteiger partial charge in [0, 0.05) is 43.5 Å². The van der Waals surface area contributed by atoms with Crippen molar-refractivity contribution in [1.29, 1.82) is 0 Å². The zero-order valence-corrected chi connectivity index (χ0v) is 14.1. The fourth-order valence-corrected chi connectivity index (χ4v) is 3.31. The highest BCUT2D eigenvalue weighted by molar-refractivity contribution is 6.31. The Kier molecular flexibility index (Phi) is 3.62. The molecule has 0 saturated carbocycles. The zero-order chi connectivity index (χ0) is 16.0. The summed E-state index contributed by atoms with van der Waals surface area (Å²) < 4.78 is 5.97. The Morgan fingerprint density at radius 1 is 1.17 bits per heavy atom. The van der Waals surface area contributed by atoms with Crippen molar-refractivity contribution in [3.8, 4) is 5.75 Å². The van der Waals surface area contributed by atoms with Gasteiger partial charge in [-0.05, 0) is 25.2 Å². The van der Waals surface area contributed by atoms with E-state index in [2.05, 4.69) is 21.8 Å². The lowest BCUT2D eigenvalue weighted by Gasteiger charge is -2.35. The van der Waals surface area contributed by atoms with Crippen LogP contribution in [-0.4, -0.2) is 49.0 Å². The molecule has 1 aromatic carbocycles. The zero-order valence-electron chi connectivity index (χ0n) is 13.3. The third-order valence-corrected chi connectivity index (χ3v) is 4.72. The number of ether oxygens (including phenoxy) is 1. The Labute approximate surface area is 140 Å². The number of aliphatic imine (C=N–C) groups is 1. The molecular formula is C17H19ClN4O. The molecule has 2 aliphatic heterocycles. The molecule has 3 heterocycles. The molecule has 2 aliphatic rings. The molecule has 0 radical (unpaired) electrons. The van der Waals surface area contributed by atoms with Crippen molar-refractivity contribution in [3.05, 3.63) is 28.8 Å². The number of fused-ring (bicyclic) bond motifs is 3. The van der Waals surface area contributed by atoms with Crippen molar-refractivity contribution in [2.45, 2.75) is 13.5 Å². The van der Waals surface area contributed by atoms with Crippen molar-refractivity contribution in [1.82, 2.24) is 9.88 Å². The molecule has 2 aromatic rings. The number of benzene rings is 1. The Balaban J connectivity index is 1.87. The van der Waals surface area contributed by atoms with Crippen molar-refractivity contribution in [2.75, 3.05) is 38.1 Å². The van der Waals surface area contributed by atoms with E-state index in [1.54, 1.807) is 0 Å². The minimum absolute atomic E-state index is 0.609. The molecule has 0 spiro atoms.